The lowest BCUT2D eigenvalue weighted by atomic mass is 10.5. The molecule has 0 aliphatic heterocycles. The van der Waals surface area contributed by atoms with Crippen molar-refractivity contribution in [3.8, 4) is 0 Å². The number of hydrogen-bond acceptors (Lipinski definition) is 4. The molecule has 0 atom stereocenters. The SMILES string of the molecule is CCc1nnc(NC)s1. The van der Waals surface area contributed by atoms with Crippen LogP contribution in [0, 0.1) is 0 Å². The van der Waals surface area contributed by atoms with Crippen LogP contribution >= 0.6 is 11.3 Å². The van der Waals surface area contributed by atoms with Gasteiger partial charge in [0, 0.05) is 7.05 Å². The Morgan fingerprint density at radius 1 is 1.56 bits per heavy atom. The second-order valence-corrected chi connectivity index (χ2v) is 2.67. The summed E-state index contributed by atoms with van der Waals surface area (Å²) in [5.41, 5.74) is 0. The van der Waals surface area contributed by atoms with Gasteiger partial charge in [0.2, 0.25) is 5.13 Å². The van der Waals surface area contributed by atoms with Crippen LogP contribution in [0.5, 0.6) is 0 Å². The van der Waals surface area contributed by atoms with Gasteiger partial charge in [0.25, 0.3) is 0 Å². The summed E-state index contributed by atoms with van der Waals surface area (Å²) in [4.78, 5) is 0. The summed E-state index contributed by atoms with van der Waals surface area (Å²) in [5.74, 6) is 0. The zero-order chi connectivity index (χ0) is 6.69. The van der Waals surface area contributed by atoms with E-state index in [9.17, 15) is 0 Å². The first kappa shape index (κ1) is 6.48. The molecule has 1 aromatic rings. The highest BCUT2D eigenvalue weighted by Crippen LogP contribution is 2.13. The molecular weight excluding hydrogens is 134 g/mol. The largest absolute Gasteiger partial charge is 0.363 e. The molecule has 0 spiro atoms. The summed E-state index contributed by atoms with van der Waals surface area (Å²) in [5, 5.41) is 12.7. The Morgan fingerprint density at radius 2 is 2.33 bits per heavy atom. The summed E-state index contributed by atoms with van der Waals surface area (Å²) >= 11 is 1.60. The number of anilines is 1. The standard InChI is InChI=1S/C5H9N3S/c1-3-4-7-8-5(6-2)9-4/h3H2,1-2H3,(H,6,8). The molecule has 1 N–H and O–H groups in total. The Morgan fingerprint density at radius 3 is 2.67 bits per heavy atom. The highest BCUT2D eigenvalue weighted by molar-refractivity contribution is 7.15. The van der Waals surface area contributed by atoms with Gasteiger partial charge in [-0.2, -0.15) is 0 Å². The molecule has 1 rings (SSSR count). The van der Waals surface area contributed by atoms with E-state index in [1.54, 1.807) is 11.3 Å². The summed E-state index contributed by atoms with van der Waals surface area (Å²) in [6.07, 6.45) is 0.972. The second-order valence-electron chi connectivity index (χ2n) is 1.60. The summed E-state index contributed by atoms with van der Waals surface area (Å²) in [6.45, 7) is 2.07. The van der Waals surface area contributed by atoms with Crippen molar-refractivity contribution in [1.82, 2.24) is 10.2 Å². The average Bonchev–Trinajstić information content (AvgIpc) is 2.34. The highest BCUT2D eigenvalue weighted by Gasteiger charge is 1.96. The van der Waals surface area contributed by atoms with Crippen LogP contribution in [0.4, 0.5) is 5.13 Å². The summed E-state index contributed by atoms with van der Waals surface area (Å²) in [7, 11) is 1.85. The molecule has 50 valence electrons. The van der Waals surface area contributed by atoms with Crippen molar-refractivity contribution in [3.05, 3.63) is 5.01 Å². The fourth-order valence-corrected chi connectivity index (χ4v) is 1.13. The van der Waals surface area contributed by atoms with Crippen LogP contribution < -0.4 is 5.32 Å². The highest BCUT2D eigenvalue weighted by atomic mass is 32.1. The molecule has 9 heavy (non-hydrogen) atoms. The average molecular weight is 143 g/mol. The molecule has 0 unspecified atom stereocenters. The van der Waals surface area contributed by atoms with Gasteiger partial charge in [-0.05, 0) is 6.42 Å². The Labute approximate surface area is 58.1 Å². The molecule has 0 amide bonds. The van der Waals surface area contributed by atoms with E-state index in [1.807, 2.05) is 7.05 Å². The van der Waals surface area contributed by atoms with Crippen molar-refractivity contribution in [2.75, 3.05) is 12.4 Å². The van der Waals surface area contributed by atoms with Crippen molar-refractivity contribution in [2.24, 2.45) is 0 Å². The minimum absolute atomic E-state index is 0.895. The van der Waals surface area contributed by atoms with Crippen LogP contribution in [-0.2, 0) is 6.42 Å². The van der Waals surface area contributed by atoms with Crippen molar-refractivity contribution in [2.45, 2.75) is 13.3 Å². The van der Waals surface area contributed by atoms with Gasteiger partial charge < -0.3 is 5.32 Å². The number of aromatic nitrogens is 2. The molecule has 0 fully saturated rings. The van der Waals surface area contributed by atoms with Gasteiger partial charge in [0.15, 0.2) is 0 Å². The predicted molar refractivity (Wildman–Crippen MR) is 38.8 cm³/mol. The smallest absolute Gasteiger partial charge is 0.205 e. The Bertz CT molecular complexity index is 166. The first-order valence-electron chi connectivity index (χ1n) is 2.87. The zero-order valence-electron chi connectivity index (χ0n) is 5.51. The first-order chi connectivity index (χ1) is 4.36. The number of aryl methyl sites for hydroxylation is 1. The third kappa shape index (κ3) is 1.38. The lowest BCUT2D eigenvalue weighted by Gasteiger charge is -1.83. The monoisotopic (exact) mass is 143 g/mol. The Hall–Kier alpha value is -0.640. The van der Waals surface area contributed by atoms with E-state index >= 15 is 0 Å². The Balaban J connectivity index is 2.74. The van der Waals surface area contributed by atoms with Gasteiger partial charge in [0.1, 0.15) is 5.01 Å². The minimum Gasteiger partial charge on any atom is -0.363 e. The second kappa shape index (κ2) is 2.77. The number of hydrogen-bond donors (Lipinski definition) is 1. The van der Waals surface area contributed by atoms with Crippen molar-refractivity contribution < 1.29 is 0 Å². The van der Waals surface area contributed by atoms with E-state index in [1.165, 1.54) is 0 Å². The molecule has 0 radical (unpaired) electrons. The normalized spacial score (nSPS) is 9.56. The van der Waals surface area contributed by atoms with Crippen molar-refractivity contribution >= 4 is 16.5 Å². The maximum atomic E-state index is 3.91. The van der Waals surface area contributed by atoms with Crippen molar-refractivity contribution in [3.63, 3.8) is 0 Å². The van der Waals surface area contributed by atoms with Crippen molar-refractivity contribution in [1.29, 1.82) is 0 Å². The molecular formula is C5H9N3S. The van der Waals surface area contributed by atoms with Crippen LogP contribution in [0.2, 0.25) is 0 Å². The van der Waals surface area contributed by atoms with Gasteiger partial charge in [-0.25, -0.2) is 0 Å². The number of nitrogens with zero attached hydrogens (tertiary/aromatic N) is 2. The van der Waals surface area contributed by atoms with E-state index in [0.29, 0.717) is 0 Å². The van der Waals surface area contributed by atoms with Gasteiger partial charge in [-0.15, -0.1) is 10.2 Å². The molecule has 0 bridgehead atoms. The van der Waals surface area contributed by atoms with Gasteiger partial charge in [-0.3, -0.25) is 0 Å². The van der Waals surface area contributed by atoms with Gasteiger partial charge in [-0.1, -0.05) is 18.3 Å². The molecule has 0 aromatic carbocycles. The topological polar surface area (TPSA) is 37.8 Å². The van der Waals surface area contributed by atoms with E-state index in [2.05, 4.69) is 22.4 Å². The van der Waals surface area contributed by atoms with Crippen LogP contribution in [0.1, 0.15) is 11.9 Å². The lowest BCUT2D eigenvalue weighted by molar-refractivity contribution is 0.984. The number of nitrogens with one attached hydrogen (secondary N) is 1. The fourth-order valence-electron chi connectivity index (χ4n) is 0.498. The summed E-state index contributed by atoms with van der Waals surface area (Å²) < 4.78 is 0. The van der Waals surface area contributed by atoms with Gasteiger partial charge in [0.05, 0.1) is 0 Å². The molecule has 0 saturated carbocycles. The van der Waals surface area contributed by atoms with Crippen LogP contribution in [-0.4, -0.2) is 17.2 Å². The van der Waals surface area contributed by atoms with Crippen LogP contribution in [0.3, 0.4) is 0 Å². The van der Waals surface area contributed by atoms with Crippen LogP contribution in [0.15, 0.2) is 0 Å². The number of rotatable bonds is 2. The minimum atomic E-state index is 0.895. The molecule has 4 heteroatoms. The van der Waals surface area contributed by atoms with E-state index in [4.69, 9.17) is 0 Å². The fraction of sp³-hybridized carbons (Fsp3) is 0.600. The third-order valence-electron chi connectivity index (χ3n) is 0.983. The molecule has 3 nitrogen and oxygen atoms in total. The predicted octanol–water partition coefficient (Wildman–Crippen LogP) is 1.14. The quantitative estimate of drug-likeness (QED) is 0.674. The lowest BCUT2D eigenvalue weighted by Crippen LogP contribution is -1.84. The van der Waals surface area contributed by atoms with E-state index in [-0.39, 0.29) is 0 Å². The third-order valence-corrected chi connectivity index (χ3v) is 2.07. The maximum Gasteiger partial charge on any atom is 0.205 e. The van der Waals surface area contributed by atoms with E-state index < -0.39 is 0 Å². The Kier molecular flexibility index (Phi) is 2.00. The molecule has 0 aliphatic carbocycles. The zero-order valence-corrected chi connectivity index (χ0v) is 6.33. The van der Waals surface area contributed by atoms with Gasteiger partial charge >= 0.3 is 0 Å². The maximum absolute atomic E-state index is 3.91. The van der Waals surface area contributed by atoms with E-state index in [0.717, 1.165) is 16.6 Å². The summed E-state index contributed by atoms with van der Waals surface area (Å²) in [6, 6.07) is 0. The molecule has 0 saturated heterocycles. The first-order valence-corrected chi connectivity index (χ1v) is 3.68. The molecule has 1 heterocycles. The molecule has 0 aliphatic rings. The van der Waals surface area contributed by atoms with Crippen LogP contribution in [0.25, 0.3) is 0 Å². The molecule has 1 aromatic heterocycles.